The van der Waals surface area contributed by atoms with Crippen molar-refractivity contribution in [2.24, 2.45) is 11.1 Å². The number of hydrogen-bond donors (Lipinski definition) is 1. The third kappa shape index (κ3) is 1.20. The zero-order valence-corrected chi connectivity index (χ0v) is 5.41. The first-order chi connectivity index (χ1) is 3.33. The van der Waals surface area contributed by atoms with E-state index in [0.29, 0.717) is 6.54 Å². The quantitative estimate of drug-likeness (QED) is 0.556. The van der Waals surface area contributed by atoms with E-state index in [2.05, 4.69) is 0 Å². The predicted molar refractivity (Wildman–Crippen MR) is 34.0 cm³/mol. The highest BCUT2D eigenvalue weighted by Gasteiger charge is 2.40. The largest absolute Gasteiger partial charge is 0.329 e. The number of carbonyl (C=O) groups excluding carboxylic acids is 1. The summed E-state index contributed by atoms with van der Waals surface area (Å²) in [5, 5.41) is 0. The summed E-state index contributed by atoms with van der Waals surface area (Å²) in [6.45, 7) is 0.538. The molecule has 2 nitrogen and oxygen atoms in total. The molecule has 1 aliphatic carbocycles. The number of hydrogen-bond acceptors (Lipinski definition) is 2. The Morgan fingerprint density at radius 3 is 2.12 bits per heavy atom. The lowest BCUT2D eigenvalue weighted by Crippen LogP contribution is -2.15. The summed E-state index contributed by atoms with van der Waals surface area (Å²) >= 11 is 0. The minimum Gasteiger partial charge on any atom is -0.329 e. The van der Waals surface area contributed by atoms with Crippen molar-refractivity contribution in [3.63, 3.8) is 0 Å². The van der Waals surface area contributed by atoms with E-state index in [4.69, 9.17) is 5.73 Å². The van der Waals surface area contributed by atoms with Gasteiger partial charge in [-0.3, -0.25) is 0 Å². The molecule has 0 radical (unpaired) electrons. The summed E-state index contributed by atoms with van der Waals surface area (Å²) in [6, 6.07) is 0. The molecular weight excluding hydrogens is 126 g/mol. The van der Waals surface area contributed by atoms with Crippen LogP contribution in [-0.4, -0.2) is 12.8 Å². The molecule has 0 aliphatic heterocycles. The fourth-order valence-electron chi connectivity index (χ4n) is 0.531. The molecule has 0 saturated heterocycles. The van der Waals surface area contributed by atoms with Crippen LogP contribution in [0.3, 0.4) is 0 Å². The van der Waals surface area contributed by atoms with Gasteiger partial charge in [-0.05, 0) is 12.8 Å². The molecule has 0 aromatic carbocycles. The van der Waals surface area contributed by atoms with Gasteiger partial charge in [0, 0.05) is 12.0 Å². The third-order valence-corrected chi connectivity index (χ3v) is 1.55. The highest BCUT2D eigenvalue weighted by Crippen LogP contribution is 2.41. The normalized spacial score (nSPS) is 21.1. The molecule has 1 fully saturated rings. The Hall–Kier alpha value is -0.0800. The Bertz CT molecular complexity index is 90.4. The topological polar surface area (TPSA) is 43.1 Å². The number of nitrogens with two attached hydrogens (primary N) is 1. The first-order valence-electron chi connectivity index (χ1n) is 2.49. The molecule has 3 heteroatoms. The number of aldehydes is 1. The van der Waals surface area contributed by atoms with Crippen LogP contribution in [0.15, 0.2) is 0 Å². The van der Waals surface area contributed by atoms with Crippen molar-refractivity contribution in [1.29, 1.82) is 0 Å². The Morgan fingerprint density at radius 2 is 2.12 bits per heavy atom. The zero-order valence-electron chi connectivity index (χ0n) is 4.59. The standard InChI is InChI=1S/C5H9NO.ClH/c6-3-5(4-7)1-2-5;/h4H,1-3,6H2;1H. The highest BCUT2D eigenvalue weighted by molar-refractivity contribution is 5.85. The van der Waals surface area contributed by atoms with Crippen LogP contribution >= 0.6 is 12.4 Å². The van der Waals surface area contributed by atoms with Crippen LogP contribution in [-0.2, 0) is 4.79 Å². The molecule has 0 atom stereocenters. The maximum absolute atomic E-state index is 10.0. The summed E-state index contributed by atoms with van der Waals surface area (Å²) in [5.41, 5.74) is 5.18. The molecule has 2 N–H and O–H groups in total. The highest BCUT2D eigenvalue weighted by atomic mass is 35.5. The summed E-state index contributed by atoms with van der Waals surface area (Å²) < 4.78 is 0. The van der Waals surface area contributed by atoms with Gasteiger partial charge in [0.25, 0.3) is 0 Å². The van der Waals surface area contributed by atoms with Gasteiger partial charge in [0.1, 0.15) is 6.29 Å². The van der Waals surface area contributed by atoms with Gasteiger partial charge in [-0.1, -0.05) is 0 Å². The lowest BCUT2D eigenvalue weighted by molar-refractivity contribution is -0.111. The van der Waals surface area contributed by atoms with Crippen LogP contribution in [0.5, 0.6) is 0 Å². The maximum atomic E-state index is 10.0. The van der Waals surface area contributed by atoms with Crippen LogP contribution in [0, 0.1) is 5.41 Å². The smallest absolute Gasteiger partial charge is 0.127 e. The van der Waals surface area contributed by atoms with Crippen LogP contribution in [0.25, 0.3) is 0 Å². The fraction of sp³-hybridized carbons (Fsp3) is 0.800. The van der Waals surface area contributed by atoms with Crippen molar-refractivity contribution in [2.45, 2.75) is 12.8 Å². The molecular formula is C5H10ClNO. The maximum Gasteiger partial charge on any atom is 0.127 e. The molecule has 0 spiro atoms. The fourth-order valence-corrected chi connectivity index (χ4v) is 0.531. The Morgan fingerprint density at radius 1 is 1.62 bits per heavy atom. The van der Waals surface area contributed by atoms with Crippen molar-refractivity contribution < 1.29 is 4.79 Å². The average molecular weight is 136 g/mol. The molecule has 48 valence electrons. The van der Waals surface area contributed by atoms with Gasteiger partial charge in [-0.25, -0.2) is 0 Å². The number of rotatable bonds is 2. The van der Waals surface area contributed by atoms with E-state index in [-0.39, 0.29) is 17.8 Å². The number of halogens is 1. The van der Waals surface area contributed by atoms with Gasteiger partial charge in [-0.2, -0.15) is 0 Å². The molecule has 0 bridgehead atoms. The SMILES string of the molecule is Cl.NCC1(C=O)CC1. The average Bonchev–Trinajstić information content (AvgIpc) is 2.46. The second kappa shape index (κ2) is 2.46. The second-order valence-corrected chi connectivity index (χ2v) is 2.18. The van der Waals surface area contributed by atoms with Crippen molar-refractivity contribution >= 4 is 18.7 Å². The van der Waals surface area contributed by atoms with E-state index in [1.54, 1.807) is 0 Å². The van der Waals surface area contributed by atoms with Crippen LogP contribution < -0.4 is 5.73 Å². The monoisotopic (exact) mass is 135 g/mol. The van der Waals surface area contributed by atoms with Crippen LogP contribution in [0.1, 0.15) is 12.8 Å². The Balaban J connectivity index is 0.000000490. The van der Waals surface area contributed by atoms with Gasteiger partial charge < -0.3 is 10.5 Å². The molecule has 0 amide bonds. The van der Waals surface area contributed by atoms with E-state index in [1.165, 1.54) is 0 Å². The van der Waals surface area contributed by atoms with E-state index < -0.39 is 0 Å². The van der Waals surface area contributed by atoms with Crippen molar-refractivity contribution in [3.05, 3.63) is 0 Å². The molecule has 0 unspecified atom stereocenters. The van der Waals surface area contributed by atoms with Gasteiger partial charge in [-0.15, -0.1) is 12.4 Å². The summed E-state index contributed by atoms with van der Waals surface area (Å²) in [5.74, 6) is 0. The first-order valence-corrected chi connectivity index (χ1v) is 2.49. The minimum absolute atomic E-state index is 0. The van der Waals surface area contributed by atoms with Gasteiger partial charge >= 0.3 is 0 Å². The van der Waals surface area contributed by atoms with E-state index in [1.807, 2.05) is 0 Å². The molecule has 0 aromatic rings. The molecule has 1 saturated carbocycles. The zero-order chi connectivity index (χ0) is 5.33. The molecule has 1 aliphatic rings. The van der Waals surface area contributed by atoms with E-state index in [0.717, 1.165) is 19.1 Å². The van der Waals surface area contributed by atoms with Gasteiger partial charge in [0.15, 0.2) is 0 Å². The van der Waals surface area contributed by atoms with E-state index in [9.17, 15) is 4.79 Å². The van der Waals surface area contributed by atoms with Crippen molar-refractivity contribution in [1.82, 2.24) is 0 Å². The summed E-state index contributed by atoms with van der Waals surface area (Å²) in [6.07, 6.45) is 2.99. The summed E-state index contributed by atoms with van der Waals surface area (Å²) in [7, 11) is 0. The number of carbonyl (C=O) groups is 1. The molecule has 1 rings (SSSR count). The molecule has 0 heterocycles. The molecule has 0 aromatic heterocycles. The lowest BCUT2D eigenvalue weighted by atomic mass is 10.1. The van der Waals surface area contributed by atoms with Crippen LogP contribution in [0.4, 0.5) is 0 Å². The summed E-state index contributed by atoms with van der Waals surface area (Å²) in [4.78, 5) is 10.0. The van der Waals surface area contributed by atoms with Crippen LogP contribution in [0.2, 0.25) is 0 Å². The van der Waals surface area contributed by atoms with Gasteiger partial charge in [0.05, 0.1) is 0 Å². The molecule has 8 heavy (non-hydrogen) atoms. The Kier molecular flexibility index (Phi) is 2.44. The van der Waals surface area contributed by atoms with Crippen molar-refractivity contribution in [3.8, 4) is 0 Å². The van der Waals surface area contributed by atoms with Crippen molar-refractivity contribution in [2.75, 3.05) is 6.54 Å². The lowest BCUT2D eigenvalue weighted by Gasteiger charge is -1.95. The minimum atomic E-state index is -0.0694. The third-order valence-electron chi connectivity index (χ3n) is 1.55. The second-order valence-electron chi connectivity index (χ2n) is 2.18. The Labute approximate surface area is 54.8 Å². The van der Waals surface area contributed by atoms with Gasteiger partial charge in [0.2, 0.25) is 0 Å². The first kappa shape index (κ1) is 7.92. The van der Waals surface area contributed by atoms with E-state index >= 15 is 0 Å². The predicted octanol–water partition coefficient (Wildman–Crippen LogP) is 0.346.